The summed E-state index contributed by atoms with van der Waals surface area (Å²) in [6, 6.07) is 2.60. The van der Waals surface area contributed by atoms with Crippen LogP contribution in [-0.4, -0.2) is 11.5 Å². The lowest BCUT2D eigenvalue weighted by molar-refractivity contribution is -0.384. The van der Waals surface area contributed by atoms with Crippen molar-refractivity contribution in [2.24, 2.45) is 0 Å². The van der Waals surface area contributed by atoms with E-state index in [-0.39, 0.29) is 15.7 Å². The van der Waals surface area contributed by atoms with E-state index in [2.05, 4.69) is 12.2 Å². The van der Waals surface area contributed by atoms with Crippen LogP contribution in [0.4, 0.5) is 11.4 Å². The molecule has 1 N–H and O–H groups in total. The van der Waals surface area contributed by atoms with Gasteiger partial charge in [0, 0.05) is 18.7 Å². The Bertz CT molecular complexity index is 387. The number of rotatable bonds is 6. The van der Waals surface area contributed by atoms with Crippen LogP contribution in [0.15, 0.2) is 12.1 Å². The highest BCUT2D eigenvalue weighted by Gasteiger charge is 2.13. The highest BCUT2D eigenvalue weighted by molar-refractivity contribution is 6.39. The summed E-state index contributed by atoms with van der Waals surface area (Å²) in [7, 11) is 0. The largest absolute Gasteiger partial charge is 0.383 e. The number of anilines is 1. The fourth-order valence-corrected chi connectivity index (χ4v) is 2.03. The first-order chi connectivity index (χ1) is 8.06. The molecule has 0 atom stereocenters. The van der Waals surface area contributed by atoms with Crippen molar-refractivity contribution in [1.82, 2.24) is 0 Å². The second-order valence-corrected chi connectivity index (χ2v) is 4.49. The molecule has 0 amide bonds. The summed E-state index contributed by atoms with van der Waals surface area (Å²) in [5.41, 5.74) is 0.467. The Balaban J connectivity index is 2.76. The lowest BCUT2D eigenvalue weighted by Crippen LogP contribution is -2.03. The summed E-state index contributed by atoms with van der Waals surface area (Å²) in [4.78, 5) is 10.1. The maximum Gasteiger partial charge on any atom is 0.272 e. The molecule has 1 aromatic carbocycles. The number of halogens is 2. The van der Waals surface area contributed by atoms with E-state index in [4.69, 9.17) is 23.2 Å². The molecule has 0 saturated heterocycles. The van der Waals surface area contributed by atoms with Gasteiger partial charge in [-0.3, -0.25) is 10.1 Å². The van der Waals surface area contributed by atoms with Crippen molar-refractivity contribution in [3.8, 4) is 0 Å². The molecule has 94 valence electrons. The normalized spacial score (nSPS) is 10.3. The summed E-state index contributed by atoms with van der Waals surface area (Å²) < 4.78 is 0. The number of nitrogens with one attached hydrogen (secondary N) is 1. The van der Waals surface area contributed by atoms with Crippen molar-refractivity contribution < 1.29 is 4.92 Å². The van der Waals surface area contributed by atoms with Crippen LogP contribution in [0.3, 0.4) is 0 Å². The molecule has 0 bridgehead atoms. The molecule has 1 rings (SSSR count). The minimum Gasteiger partial charge on any atom is -0.383 e. The van der Waals surface area contributed by atoms with Crippen molar-refractivity contribution in [3.63, 3.8) is 0 Å². The summed E-state index contributed by atoms with van der Waals surface area (Å²) in [5.74, 6) is 0. The van der Waals surface area contributed by atoms with Gasteiger partial charge in [-0.1, -0.05) is 43.0 Å². The molecule has 17 heavy (non-hydrogen) atoms. The van der Waals surface area contributed by atoms with Gasteiger partial charge in [-0.15, -0.1) is 0 Å². The van der Waals surface area contributed by atoms with Gasteiger partial charge in [0.15, 0.2) is 0 Å². The highest BCUT2D eigenvalue weighted by atomic mass is 35.5. The molecule has 4 nitrogen and oxygen atoms in total. The number of non-ortho nitro benzene ring substituents is 1. The molecule has 0 unspecified atom stereocenters. The molecule has 0 aliphatic heterocycles. The van der Waals surface area contributed by atoms with Crippen molar-refractivity contribution >= 4 is 34.6 Å². The summed E-state index contributed by atoms with van der Waals surface area (Å²) in [5, 5.41) is 14.2. The van der Waals surface area contributed by atoms with E-state index in [0.29, 0.717) is 5.69 Å². The molecular weight excluding hydrogens is 263 g/mol. The van der Waals surface area contributed by atoms with E-state index in [1.54, 1.807) is 0 Å². The summed E-state index contributed by atoms with van der Waals surface area (Å²) in [6.45, 7) is 2.87. The molecule has 0 radical (unpaired) electrons. The van der Waals surface area contributed by atoms with Gasteiger partial charge in [0.2, 0.25) is 0 Å². The van der Waals surface area contributed by atoms with Gasteiger partial charge >= 0.3 is 0 Å². The Morgan fingerprint density at radius 1 is 1.29 bits per heavy atom. The molecule has 0 fully saturated rings. The zero-order valence-corrected chi connectivity index (χ0v) is 11.0. The lowest BCUT2D eigenvalue weighted by Gasteiger charge is -2.09. The Labute approximate surface area is 110 Å². The fourth-order valence-electron chi connectivity index (χ4n) is 1.42. The van der Waals surface area contributed by atoms with Crippen LogP contribution in [0.2, 0.25) is 10.0 Å². The number of nitrogens with zero attached hydrogens (tertiary/aromatic N) is 1. The van der Waals surface area contributed by atoms with Gasteiger partial charge in [0.05, 0.1) is 20.7 Å². The Morgan fingerprint density at radius 2 is 1.88 bits per heavy atom. The van der Waals surface area contributed by atoms with Crippen LogP contribution in [-0.2, 0) is 0 Å². The van der Waals surface area contributed by atoms with Gasteiger partial charge in [-0.05, 0) is 6.42 Å². The van der Waals surface area contributed by atoms with E-state index in [9.17, 15) is 10.1 Å². The van der Waals surface area contributed by atoms with Crippen LogP contribution < -0.4 is 5.32 Å². The number of nitro groups is 1. The molecule has 1 aromatic rings. The molecule has 0 aromatic heterocycles. The van der Waals surface area contributed by atoms with E-state index in [1.165, 1.54) is 12.1 Å². The fraction of sp³-hybridized carbons (Fsp3) is 0.455. The number of nitro benzene ring substituents is 1. The smallest absolute Gasteiger partial charge is 0.272 e. The van der Waals surface area contributed by atoms with Gasteiger partial charge in [0.1, 0.15) is 0 Å². The van der Waals surface area contributed by atoms with Crippen molar-refractivity contribution in [2.75, 3.05) is 11.9 Å². The molecule has 0 heterocycles. The standard InChI is InChI=1S/C11H14Cl2N2O2/c1-2-3-4-5-14-11-9(12)6-8(15(16)17)7-10(11)13/h6-7,14H,2-5H2,1H3. The van der Waals surface area contributed by atoms with Crippen LogP contribution in [0.1, 0.15) is 26.2 Å². The van der Waals surface area contributed by atoms with Crippen molar-refractivity contribution in [1.29, 1.82) is 0 Å². The zero-order chi connectivity index (χ0) is 12.8. The van der Waals surface area contributed by atoms with Gasteiger partial charge in [-0.2, -0.15) is 0 Å². The van der Waals surface area contributed by atoms with E-state index in [1.807, 2.05) is 0 Å². The molecule has 0 saturated carbocycles. The van der Waals surface area contributed by atoms with Crippen molar-refractivity contribution in [2.45, 2.75) is 26.2 Å². The monoisotopic (exact) mass is 276 g/mol. The summed E-state index contributed by atoms with van der Waals surface area (Å²) >= 11 is 11.9. The lowest BCUT2D eigenvalue weighted by atomic mass is 10.2. The van der Waals surface area contributed by atoms with Crippen LogP contribution in [0.5, 0.6) is 0 Å². The number of unbranched alkanes of at least 4 members (excludes halogenated alkanes) is 2. The molecular formula is C11H14Cl2N2O2. The van der Waals surface area contributed by atoms with E-state index < -0.39 is 4.92 Å². The summed E-state index contributed by atoms with van der Waals surface area (Å²) in [6.07, 6.45) is 3.26. The number of benzene rings is 1. The first-order valence-corrected chi connectivity index (χ1v) is 6.19. The van der Waals surface area contributed by atoms with Gasteiger partial charge < -0.3 is 5.32 Å². The van der Waals surface area contributed by atoms with E-state index in [0.717, 1.165) is 25.8 Å². The maximum absolute atomic E-state index is 10.6. The number of hydrogen-bond donors (Lipinski definition) is 1. The van der Waals surface area contributed by atoms with Crippen molar-refractivity contribution in [3.05, 3.63) is 32.3 Å². The second kappa shape index (κ2) is 6.67. The predicted molar refractivity (Wildman–Crippen MR) is 71.1 cm³/mol. The van der Waals surface area contributed by atoms with Crippen LogP contribution in [0.25, 0.3) is 0 Å². The van der Waals surface area contributed by atoms with E-state index >= 15 is 0 Å². The average Bonchev–Trinajstić information content (AvgIpc) is 2.26. The Kier molecular flexibility index (Phi) is 5.51. The topological polar surface area (TPSA) is 55.2 Å². The Morgan fingerprint density at radius 3 is 2.35 bits per heavy atom. The maximum atomic E-state index is 10.6. The van der Waals surface area contributed by atoms with Crippen LogP contribution >= 0.6 is 23.2 Å². The molecule has 0 aliphatic rings. The highest BCUT2D eigenvalue weighted by Crippen LogP contribution is 2.34. The average molecular weight is 277 g/mol. The second-order valence-electron chi connectivity index (χ2n) is 3.68. The first-order valence-electron chi connectivity index (χ1n) is 5.43. The quantitative estimate of drug-likeness (QED) is 0.473. The number of hydrogen-bond acceptors (Lipinski definition) is 3. The van der Waals surface area contributed by atoms with Gasteiger partial charge in [0.25, 0.3) is 5.69 Å². The minimum atomic E-state index is -0.515. The third-order valence-electron chi connectivity index (χ3n) is 2.32. The van der Waals surface area contributed by atoms with Gasteiger partial charge in [-0.25, -0.2) is 0 Å². The zero-order valence-electron chi connectivity index (χ0n) is 9.50. The third kappa shape index (κ3) is 4.06. The van der Waals surface area contributed by atoms with Crippen LogP contribution in [0, 0.1) is 10.1 Å². The predicted octanol–water partition coefficient (Wildman–Crippen LogP) is 4.50. The third-order valence-corrected chi connectivity index (χ3v) is 2.92. The molecule has 0 spiro atoms. The first kappa shape index (κ1) is 14.1. The molecule has 6 heteroatoms. The Hall–Kier alpha value is -1.00. The minimum absolute atomic E-state index is 0.0980. The SMILES string of the molecule is CCCCCNc1c(Cl)cc([N+](=O)[O-])cc1Cl. The molecule has 0 aliphatic carbocycles.